The molecule has 1 aromatic heterocycles. The predicted octanol–water partition coefficient (Wildman–Crippen LogP) is 0.832. The van der Waals surface area contributed by atoms with Gasteiger partial charge in [0, 0.05) is 19.3 Å². The first-order valence-corrected chi connectivity index (χ1v) is 7.68. The molecule has 0 radical (unpaired) electrons. The Morgan fingerprint density at radius 3 is 2.83 bits per heavy atom. The Balaban J connectivity index is 2.46. The van der Waals surface area contributed by atoms with E-state index in [1.54, 1.807) is 12.3 Å². The van der Waals surface area contributed by atoms with E-state index in [1.165, 1.54) is 0 Å². The second-order valence-corrected chi connectivity index (χ2v) is 5.62. The largest absolute Gasteiger partial charge is 0.490 e. The van der Waals surface area contributed by atoms with Gasteiger partial charge < -0.3 is 10.1 Å². The second-order valence-electron chi connectivity index (χ2n) is 3.79. The number of rotatable bonds is 8. The lowest BCUT2D eigenvalue weighted by atomic mass is 10.4. The molecule has 0 aliphatic rings. The SMILES string of the molecule is CCCOc1cccnc1NCCNS(C)(=O)=O. The van der Waals surface area contributed by atoms with E-state index in [9.17, 15) is 8.42 Å². The van der Waals surface area contributed by atoms with Crippen LogP contribution >= 0.6 is 0 Å². The van der Waals surface area contributed by atoms with E-state index in [1.807, 2.05) is 13.0 Å². The van der Waals surface area contributed by atoms with Gasteiger partial charge in [0.05, 0.1) is 12.9 Å². The number of anilines is 1. The van der Waals surface area contributed by atoms with E-state index < -0.39 is 10.0 Å². The molecule has 7 heteroatoms. The van der Waals surface area contributed by atoms with Crippen LogP contribution in [0.4, 0.5) is 5.82 Å². The van der Waals surface area contributed by atoms with E-state index in [4.69, 9.17) is 4.74 Å². The van der Waals surface area contributed by atoms with Gasteiger partial charge in [-0.15, -0.1) is 0 Å². The third kappa shape index (κ3) is 5.83. The Bertz CT molecular complexity index is 462. The van der Waals surface area contributed by atoms with Crippen LogP contribution in [0.15, 0.2) is 18.3 Å². The summed E-state index contributed by atoms with van der Waals surface area (Å²) in [5, 5.41) is 3.03. The van der Waals surface area contributed by atoms with Gasteiger partial charge in [-0.1, -0.05) is 6.92 Å². The summed E-state index contributed by atoms with van der Waals surface area (Å²) in [5.74, 6) is 1.31. The van der Waals surface area contributed by atoms with Crippen LogP contribution in [0.1, 0.15) is 13.3 Å². The fourth-order valence-corrected chi connectivity index (χ4v) is 1.74. The molecule has 0 saturated heterocycles. The number of pyridine rings is 1. The highest BCUT2D eigenvalue weighted by Gasteiger charge is 2.04. The van der Waals surface area contributed by atoms with Crippen LogP contribution in [0, 0.1) is 0 Å². The summed E-state index contributed by atoms with van der Waals surface area (Å²) in [4.78, 5) is 4.15. The van der Waals surface area contributed by atoms with Crippen LogP contribution in [0.2, 0.25) is 0 Å². The van der Waals surface area contributed by atoms with E-state index >= 15 is 0 Å². The molecule has 0 saturated carbocycles. The summed E-state index contributed by atoms with van der Waals surface area (Å²) in [7, 11) is -3.14. The highest BCUT2D eigenvalue weighted by atomic mass is 32.2. The Hall–Kier alpha value is -1.34. The van der Waals surface area contributed by atoms with Gasteiger partial charge >= 0.3 is 0 Å². The maximum Gasteiger partial charge on any atom is 0.208 e. The van der Waals surface area contributed by atoms with E-state index in [2.05, 4.69) is 15.0 Å². The molecule has 1 heterocycles. The van der Waals surface area contributed by atoms with Crippen molar-refractivity contribution in [1.29, 1.82) is 0 Å². The molecule has 0 fully saturated rings. The maximum absolute atomic E-state index is 10.9. The normalized spacial score (nSPS) is 11.2. The average molecular weight is 273 g/mol. The monoisotopic (exact) mass is 273 g/mol. The van der Waals surface area contributed by atoms with Gasteiger partial charge in [0.1, 0.15) is 0 Å². The van der Waals surface area contributed by atoms with Crippen molar-refractivity contribution in [1.82, 2.24) is 9.71 Å². The van der Waals surface area contributed by atoms with Gasteiger partial charge in [-0.25, -0.2) is 18.1 Å². The molecule has 6 nitrogen and oxygen atoms in total. The first-order chi connectivity index (χ1) is 8.53. The van der Waals surface area contributed by atoms with E-state index in [-0.39, 0.29) is 0 Å². The Kier molecular flexibility index (Phi) is 5.87. The fourth-order valence-electron chi connectivity index (χ4n) is 1.27. The van der Waals surface area contributed by atoms with Crippen molar-refractivity contribution >= 4 is 15.8 Å². The standard InChI is InChI=1S/C11H19N3O3S/c1-3-9-17-10-5-4-6-12-11(10)13-7-8-14-18(2,15)16/h4-6,14H,3,7-9H2,1-2H3,(H,12,13). The number of hydrogen-bond donors (Lipinski definition) is 2. The van der Waals surface area contributed by atoms with Gasteiger partial charge in [-0.3, -0.25) is 0 Å². The summed E-state index contributed by atoms with van der Waals surface area (Å²) < 4.78 is 29.7. The molecule has 1 aromatic rings. The summed E-state index contributed by atoms with van der Waals surface area (Å²) in [6.07, 6.45) is 3.71. The highest BCUT2D eigenvalue weighted by molar-refractivity contribution is 7.88. The zero-order chi connectivity index (χ0) is 13.4. The molecular formula is C11H19N3O3S. The molecule has 0 aliphatic heterocycles. The summed E-state index contributed by atoms with van der Waals surface area (Å²) >= 11 is 0. The zero-order valence-electron chi connectivity index (χ0n) is 10.6. The topological polar surface area (TPSA) is 80.3 Å². The molecule has 1 rings (SSSR count). The molecular weight excluding hydrogens is 254 g/mol. The fraction of sp³-hybridized carbons (Fsp3) is 0.545. The third-order valence-corrected chi connectivity index (χ3v) is 2.74. The van der Waals surface area contributed by atoms with Gasteiger partial charge in [-0.2, -0.15) is 0 Å². The van der Waals surface area contributed by atoms with Gasteiger partial charge in [0.2, 0.25) is 10.0 Å². The molecule has 102 valence electrons. The number of nitrogens with one attached hydrogen (secondary N) is 2. The first-order valence-electron chi connectivity index (χ1n) is 5.79. The molecule has 18 heavy (non-hydrogen) atoms. The van der Waals surface area contributed by atoms with Gasteiger partial charge in [0.15, 0.2) is 11.6 Å². The minimum Gasteiger partial charge on any atom is -0.490 e. The second kappa shape index (κ2) is 7.17. The molecule has 0 aliphatic carbocycles. The minimum absolute atomic E-state index is 0.308. The van der Waals surface area contributed by atoms with Crippen LogP contribution in [0.5, 0.6) is 5.75 Å². The number of aromatic nitrogens is 1. The lowest BCUT2D eigenvalue weighted by Crippen LogP contribution is -2.27. The Morgan fingerprint density at radius 1 is 1.39 bits per heavy atom. The molecule has 0 atom stereocenters. The molecule has 0 spiro atoms. The van der Waals surface area contributed by atoms with Crippen molar-refractivity contribution < 1.29 is 13.2 Å². The van der Waals surface area contributed by atoms with E-state index in [0.717, 1.165) is 12.7 Å². The van der Waals surface area contributed by atoms with Crippen molar-refractivity contribution in [3.05, 3.63) is 18.3 Å². The average Bonchev–Trinajstić information content (AvgIpc) is 2.32. The summed E-state index contributed by atoms with van der Waals surface area (Å²) in [6.45, 7) is 3.41. The highest BCUT2D eigenvalue weighted by Crippen LogP contribution is 2.20. The minimum atomic E-state index is -3.14. The lowest BCUT2D eigenvalue weighted by molar-refractivity contribution is 0.318. The van der Waals surface area contributed by atoms with Crippen molar-refractivity contribution in [2.75, 3.05) is 31.3 Å². The molecule has 0 bridgehead atoms. The Labute approximate surface area is 108 Å². The maximum atomic E-state index is 10.9. The van der Waals surface area contributed by atoms with Crippen LogP contribution in [-0.4, -0.2) is 39.4 Å². The van der Waals surface area contributed by atoms with Gasteiger partial charge in [0.25, 0.3) is 0 Å². The van der Waals surface area contributed by atoms with Crippen molar-refractivity contribution in [2.24, 2.45) is 0 Å². The van der Waals surface area contributed by atoms with Gasteiger partial charge in [-0.05, 0) is 18.6 Å². The number of hydrogen-bond acceptors (Lipinski definition) is 5. The third-order valence-electron chi connectivity index (χ3n) is 2.01. The number of sulfonamides is 1. The predicted molar refractivity (Wildman–Crippen MR) is 71.4 cm³/mol. The van der Waals surface area contributed by atoms with Crippen LogP contribution in [0.25, 0.3) is 0 Å². The number of ether oxygens (including phenoxy) is 1. The van der Waals surface area contributed by atoms with E-state index in [0.29, 0.717) is 31.3 Å². The molecule has 0 aromatic carbocycles. The molecule has 0 amide bonds. The summed E-state index contributed by atoms with van der Waals surface area (Å²) in [5.41, 5.74) is 0. The van der Waals surface area contributed by atoms with Crippen molar-refractivity contribution in [3.63, 3.8) is 0 Å². The quantitative estimate of drug-likeness (QED) is 0.686. The van der Waals surface area contributed by atoms with Crippen molar-refractivity contribution in [3.8, 4) is 5.75 Å². The van der Waals surface area contributed by atoms with Crippen LogP contribution in [-0.2, 0) is 10.0 Å². The van der Waals surface area contributed by atoms with Crippen LogP contribution in [0.3, 0.4) is 0 Å². The molecule has 0 unspecified atom stereocenters. The first kappa shape index (κ1) is 14.7. The molecule has 2 N–H and O–H groups in total. The smallest absolute Gasteiger partial charge is 0.208 e. The Morgan fingerprint density at radius 2 is 2.17 bits per heavy atom. The van der Waals surface area contributed by atoms with Crippen LogP contribution < -0.4 is 14.8 Å². The zero-order valence-corrected chi connectivity index (χ0v) is 11.5. The van der Waals surface area contributed by atoms with Crippen molar-refractivity contribution in [2.45, 2.75) is 13.3 Å². The lowest BCUT2D eigenvalue weighted by Gasteiger charge is -2.11. The summed E-state index contributed by atoms with van der Waals surface area (Å²) in [6, 6.07) is 3.62. The number of nitrogens with zero attached hydrogens (tertiary/aromatic N) is 1.